The Hall–Kier alpha value is -0.780. The van der Waals surface area contributed by atoms with Crippen molar-refractivity contribution in [3.8, 4) is 0 Å². The Labute approximate surface area is 111 Å². The Morgan fingerprint density at radius 1 is 1.16 bits per heavy atom. The van der Waals surface area contributed by atoms with Crippen molar-refractivity contribution < 1.29 is 27.8 Å². The smallest absolute Gasteiger partial charge is 0.391 e. The third-order valence-electron chi connectivity index (χ3n) is 4.21. The van der Waals surface area contributed by atoms with Gasteiger partial charge in [-0.1, -0.05) is 13.8 Å². The van der Waals surface area contributed by atoms with Gasteiger partial charge in [0.15, 0.2) is 5.60 Å². The van der Waals surface area contributed by atoms with Gasteiger partial charge in [0.25, 0.3) is 0 Å². The fourth-order valence-electron chi connectivity index (χ4n) is 2.90. The quantitative estimate of drug-likeness (QED) is 0.810. The van der Waals surface area contributed by atoms with Crippen LogP contribution in [0.3, 0.4) is 0 Å². The molecule has 0 radical (unpaired) electrons. The van der Waals surface area contributed by atoms with Gasteiger partial charge in [0.1, 0.15) is 0 Å². The topological polar surface area (TPSA) is 46.5 Å². The summed E-state index contributed by atoms with van der Waals surface area (Å²) in [4.78, 5) is 11.8. The molecule has 0 aromatic carbocycles. The Morgan fingerprint density at radius 3 is 1.89 bits per heavy atom. The van der Waals surface area contributed by atoms with Gasteiger partial charge in [-0.25, -0.2) is 4.79 Å². The van der Waals surface area contributed by atoms with Gasteiger partial charge in [-0.2, -0.15) is 13.2 Å². The fourth-order valence-corrected chi connectivity index (χ4v) is 2.90. The average Bonchev–Trinajstić information content (AvgIpc) is 2.35. The lowest BCUT2D eigenvalue weighted by atomic mass is 9.69. The predicted molar refractivity (Wildman–Crippen MR) is 63.3 cm³/mol. The van der Waals surface area contributed by atoms with E-state index in [0.29, 0.717) is 0 Å². The van der Waals surface area contributed by atoms with E-state index in [1.807, 2.05) is 0 Å². The van der Waals surface area contributed by atoms with E-state index in [2.05, 4.69) is 4.74 Å². The highest BCUT2D eigenvalue weighted by atomic mass is 19.4. The Bertz CT molecular complexity index is 320. The lowest BCUT2D eigenvalue weighted by Gasteiger charge is -2.40. The van der Waals surface area contributed by atoms with Crippen LogP contribution >= 0.6 is 0 Å². The van der Waals surface area contributed by atoms with Crippen LogP contribution in [0.25, 0.3) is 0 Å². The first kappa shape index (κ1) is 16.3. The third-order valence-corrected chi connectivity index (χ3v) is 4.21. The molecule has 1 N–H and O–H groups in total. The number of hydrogen-bond donors (Lipinski definition) is 1. The number of rotatable bonds is 3. The minimum absolute atomic E-state index is 0.0415. The van der Waals surface area contributed by atoms with E-state index >= 15 is 0 Å². The number of esters is 1. The van der Waals surface area contributed by atoms with Crippen molar-refractivity contribution in [1.29, 1.82) is 0 Å². The molecule has 1 atom stereocenters. The molecule has 1 unspecified atom stereocenters. The summed E-state index contributed by atoms with van der Waals surface area (Å²) in [5, 5.41) is 10.5. The lowest BCUT2D eigenvalue weighted by molar-refractivity contribution is -0.196. The van der Waals surface area contributed by atoms with Crippen LogP contribution in [-0.4, -0.2) is 30.0 Å². The molecule has 1 aliphatic carbocycles. The van der Waals surface area contributed by atoms with E-state index < -0.39 is 35.5 Å². The molecule has 0 saturated heterocycles. The molecular weight excluding hydrogens is 261 g/mol. The Kier molecular flexibility index (Phi) is 4.87. The van der Waals surface area contributed by atoms with Crippen molar-refractivity contribution in [2.75, 3.05) is 7.11 Å². The highest BCUT2D eigenvalue weighted by molar-refractivity contribution is 5.80. The van der Waals surface area contributed by atoms with E-state index in [1.165, 1.54) is 7.11 Å². The summed E-state index contributed by atoms with van der Waals surface area (Å²) in [5.41, 5.74) is -1.69. The van der Waals surface area contributed by atoms with Gasteiger partial charge in [-0.05, 0) is 37.5 Å². The molecule has 19 heavy (non-hydrogen) atoms. The molecule has 1 saturated carbocycles. The highest BCUT2D eigenvalue weighted by Crippen LogP contribution is 2.44. The van der Waals surface area contributed by atoms with E-state index in [9.17, 15) is 23.1 Å². The molecule has 112 valence electrons. The van der Waals surface area contributed by atoms with Crippen LogP contribution in [0.1, 0.15) is 39.5 Å². The largest absolute Gasteiger partial charge is 0.467 e. The summed E-state index contributed by atoms with van der Waals surface area (Å²) >= 11 is 0. The lowest BCUT2D eigenvalue weighted by Crippen LogP contribution is -2.52. The van der Waals surface area contributed by atoms with Crippen molar-refractivity contribution in [1.82, 2.24) is 0 Å². The molecule has 0 bridgehead atoms. The number of methoxy groups -OCH3 is 1. The van der Waals surface area contributed by atoms with E-state index in [-0.39, 0.29) is 25.7 Å². The van der Waals surface area contributed by atoms with Gasteiger partial charge in [0.2, 0.25) is 0 Å². The van der Waals surface area contributed by atoms with Gasteiger partial charge in [0, 0.05) is 0 Å². The SMILES string of the molecule is COC(=O)C(O)(C(C)C)C1CCC(C(F)(F)F)CC1. The minimum atomic E-state index is -4.19. The maximum atomic E-state index is 12.6. The average molecular weight is 282 g/mol. The number of hydrogen-bond acceptors (Lipinski definition) is 3. The van der Waals surface area contributed by atoms with Crippen molar-refractivity contribution in [3.05, 3.63) is 0 Å². The second-order valence-corrected chi connectivity index (χ2v) is 5.56. The summed E-state index contributed by atoms with van der Waals surface area (Å²) in [6.07, 6.45) is -3.89. The fraction of sp³-hybridized carbons (Fsp3) is 0.923. The minimum Gasteiger partial charge on any atom is -0.467 e. The molecule has 6 heteroatoms. The summed E-state index contributed by atoms with van der Waals surface area (Å²) in [7, 11) is 1.18. The van der Waals surface area contributed by atoms with Crippen LogP contribution in [0.4, 0.5) is 13.2 Å². The normalized spacial score (nSPS) is 28.0. The predicted octanol–water partition coefficient (Wildman–Crippen LogP) is 2.92. The van der Waals surface area contributed by atoms with Gasteiger partial charge in [-0.3, -0.25) is 0 Å². The first-order chi connectivity index (χ1) is 8.64. The van der Waals surface area contributed by atoms with Crippen molar-refractivity contribution in [2.24, 2.45) is 17.8 Å². The molecule has 0 aromatic heterocycles. The number of halogens is 3. The second kappa shape index (κ2) is 5.69. The van der Waals surface area contributed by atoms with Crippen LogP contribution in [-0.2, 0) is 9.53 Å². The van der Waals surface area contributed by atoms with Crippen LogP contribution in [0.15, 0.2) is 0 Å². The van der Waals surface area contributed by atoms with Gasteiger partial charge < -0.3 is 9.84 Å². The van der Waals surface area contributed by atoms with Gasteiger partial charge in [-0.15, -0.1) is 0 Å². The molecule has 1 aliphatic rings. The zero-order chi connectivity index (χ0) is 14.8. The van der Waals surface area contributed by atoms with E-state index in [4.69, 9.17) is 0 Å². The molecule has 0 spiro atoms. The Balaban J connectivity index is 2.79. The molecule has 0 amide bonds. The standard InChI is InChI=1S/C13H21F3O3/c1-8(2)12(18,11(17)19-3)9-4-6-10(7-5-9)13(14,15)16/h8-10,18H,4-7H2,1-3H3. The molecule has 1 fully saturated rings. The first-order valence-corrected chi connectivity index (χ1v) is 6.51. The van der Waals surface area contributed by atoms with E-state index in [0.717, 1.165) is 0 Å². The van der Waals surface area contributed by atoms with Crippen LogP contribution in [0.2, 0.25) is 0 Å². The Morgan fingerprint density at radius 2 is 1.58 bits per heavy atom. The first-order valence-electron chi connectivity index (χ1n) is 6.51. The highest BCUT2D eigenvalue weighted by Gasteiger charge is 2.51. The van der Waals surface area contributed by atoms with Crippen molar-refractivity contribution in [2.45, 2.75) is 51.3 Å². The van der Waals surface area contributed by atoms with E-state index in [1.54, 1.807) is 13.8 Å². The summed E-state index contributed by atoms with van der Waals surface area (Å²) in [6.45, 7) is 3.35. The number of carbonyl (C=O) groups excluding carboxylic acids is 1. The number of ether oxygens (including phenoxy) is 1. The number of carbonyl (C=O) groups is 1. The zero-order valence-electron chi connectivity index (χ0n) is 11.5. The maximum Gasteiger partial charge on any atom is 0.391 e. The molecule has 0 heterocycles. The van der Waals surface area contributed by atoms with Crippen LogP contribution in [0.5, 0.6) is 0 Å². The number of alkyl halides is 3. The second-order valence-electron chi connectivity index (χ2n) is 5.56. The third kappa shape index (κ3) is 3.22. The molecule has 3 nitrogen and oxygen atoms in total. The number of aliphatic hydroxyl groups is 1. The van der Waals surface area contributed by atoms with Crippen molar-refractivity contribution in [3.63, 3.8) is 0 Å². The molecule has 0 aromatic rings. The van der Waals surface area contributed by atoms with Gasteiger partial charge in [0.05, 0.1) is 13.0 Å². The van der Waals surface area contributed by atoms with Crippen LogP contribution < -0.4 is 0 Å². The van der Waals surface area contributed by atoms with Crippen LogP contribution in [0, 0.1) is 17.8 Å². The monoisotopic (exact) mass is 282 g/mol. The molecule has 1 rings (SSSR count). The zero-order valence-corrected chi connectivity index (χ0v) is 11.5. The van der Waals surface area contributed by atoms with Gasteiger partial charge >= 0.3 is 12.1 Å². The summed E-state index contributed by atoms with van der Waals surface area (Å²) < 4.78 is 42.4. The maximum absolute atomic E-state index is 12.6. The van der Waals surface area contributed by atoms with Crippen molar-refractivity contribution >= 4 is 5.97 Å². The molecule has 0 aliphatic heterocycles. The molecular formula is C13H21F3O3. The summed E-state index contributed by atoms with van der Waals surface area (Å²) in [5.74, 6) is -2.94. The summed E-state index contributed by atoms with van der Waals surface area (Å²) in [6, 6.07) is 0.